The molecule has 0 aromatic carbocycles. The smallest absolute Gasteiger partial charge is 0.175 e. The van der Waals surface area contributed by atoms with Gasteiger partial charge in [-0.15, -0.1) is 10.2 Å². The van der Waals surface area contributed by atoms with E-state index < -0.39 is 0 Å². The monoisotopic (exact) mass is 331 g/mol. The van der Waals surface area contributed by atoms with Gasteiger partial charge in [0.05, 0.1) is 0 Å². The van der Waals surface area contributed by atoms with Gasteiger partial charge in [0.2, 0.25) is 0 Å². The SMILES string of the molecule is CCCNC1CC(C)CC(C)C1Sc1nnc(SC)s1. The van der Waals surface area contributed by atoms with Crippen LogP contribution >= 0.6 is 34.9 Å². The molecule has 4 atom stereocenters. The van der Waals surface area contributed by atoms with Gasteiger partial charge in [0.1, 0.15) is 0 Å². The fraction of sp³-hybridized carbons (Fsp3) is 0.857. The first-order valence-electron chi connectivity index (χ1n) is 7.41. The van der Waals surface area contributed by atoms with Crippen molar-refractivity contribution in [3.8, 4) is 0 Å². The first-order valence-corrected chi connectivity index (χ1v) is 10.3. The van der Waals surface area contributed by atoms with Gasteiger partial charge in [-0.1, -0.05) is 55.6 Å². The van der Waals surface area contributed by atoms with Crippen LogP contribution < -0.4 is 5.32 Å². The van der Waals surface area contributed by atoms with Crippen molar-refractivity contribution in [3.63, 3.8) is 0 Å². The third kappa shape index (κ3) is 4.36. The summed E-state index contributed by atoms with van der Waals surface area (Å²) in [5, 5.41) is 12.9. The highest BCUT2D eigenvalue weighted by Gasteiger charge is 2.35. The predicted molar refractivity (Wildman–Crippen MR) is 91.0 cm³/mol. The predicted octanol–water partition coefficient (Wildman–Crippen LogP) is 4.15. The Morgan fingerprint density at radius 1 is 1.25 bits per heavy atom. The number of hydrogen-bond donors (Lipinski definition) is 1. The van der Waals surface area contributed by atoms with Crippen LogP contribution in [0, 0.1) is 11.8 Å². The van der Waals surface area contributed by atoms with Gasteiger partial charge in [-0.25, -0.2) is 0 Å². The maximum absolute atomic E-state index is 4.33. The summed E-state index contributed by atoms with van der Waals surface area (Å²) in [5.74, 6) is 1.56. The van der Waals surface area contributed by atoms with E-state index in [-0.39, 0.29) is 0 Å². The number of hydrogen-bond acceptors (Lipinski definition) is 6. The Balaban J connectivity index is 2.03. The van der Waals surface area contributed by atoms with E-state index in [9.17, 15) is 0 Å². The third-order valence-electron chi connectivity index (χ3n) is 3.84. The molecule has 1 aromatic heterocycles. The van der Waals surface area contributed by atoms with Crippen LogP contribution in [0.2, 0.25) is 0 Å². The summed E-state index contributed by atoms with van der Waals surface area (Å²) < 4.78 is 2.20. The van der Waals surface area contributed by atoms with Gasteiger partial charge in [0.25, 0.3) is 0 Å². The van der Waals surface area contributed by atoms with E-state index in [0.717, 1.165) is 27.1 Å². The van der Waals surface area contributed by atoms with Crippen molar-refractivity contribution in [1.29, 1.82) is 0 Å². The molecule has 6 heteroatoms. The normalized spacial score (nSPS) is 30.6. The highest BCUT2D eigenvalue weighted by Crippen LogP contribution is 2.41. The molecular formula is C14H25N3S3. The number of rotatable bonds is 6. The Labute approximate surface area is 135 Å². The van der Waals surface area contributed by atoms with Crippen molar-refractivity contribution in [3.05, 3.63) is 0 Å². The highest BCUT2D eigenvalue weighted by atomic mass is 32.2. The molecule has 1 fully saturated rings. The van der Waals surface area contributed by atoms with E-state index in [4.69, 9.17) is 0 Å². The van der Waals surface area contributed by atoms with E-state index in [1.54, 1.807) is 23.1 Å². The number of aromatic nitrogens is 2. The molecule has 2 rings (SSSR count). The largest absolute Gasteiger partial charge is 0.313 e. The first kappa shape index (κ1) is 16.6. The molecule has 1 saturated carbocycles. The Kier molecular flexibility index (Phi) is 6.65. The lowest BCUT2D eigenvalue weighted by atomic mass is 9.80. The average Bonchev–Trinajstić information content (AvgIpc) is 2.87. The molecule has 1 aliphatic carbocycles. The Hall–Kier alpha value is 0.220. The molecule has 3 nitrogen and oxygen atoms in total. The Bertz CT molecular complexity index is 410. The third-order valence-corrected chi connectivity index (χ3v) is 7.42. The molecule has 1 N–H and O–H groups in total. The second-order valence-corrected chi connectivity index (χ2v) is 9.19. The maximum Gasteiger partial charge on any atom is 0.175 e. The zero-order valence-electron chi connectivity index (χ0n) is 12.8. The van der Waals surface area contributed by atoms with Crippen LogP contribution in [0.15, 0.2) is 8.68 Å². The van der Waals surface area contributed by atoms with Gasteiger partial charge in [0.15, 0.2) is 8.68 Å². The van der Waals surface area contributed by atoms with Crippen molar-refractivity contribution < 1.29 is 0 Å². The summed E-state index contributed by atoms with van der Waals surface area (Å²) in [6.45, 7) is 8.13. The van der Waals surface area contributed by atoms with E-state index in [1.165, 1.54) is 19.3 Å². The van der Waals surface area contributed by atoms with Gasteiger partial charge >= 0.3 is 0 Å². The van der Waals surface area contributed by atoms with Gasteiger partial charge in [-0.3, -0.25) is 0 Å². The number of nitrogens with zero attached hydrogens (tertiary/aromatic N) is 2. The summed E-state index contributed by atoms with van der Waals surface area (Å²) in [4.78, 5) is 0. The zero-order chi connectivity index (χ0) is 14.5. The topological polar surface area (TPSA) is 37.8 Å². The minimum Gasteiger partial charge on any atom is -0.313 e. The molecule has 0 aliphatic heterocycles. The standard InChI is InChI=1S/C14H25N3S3/c1-5-6-15-11-8-9(2)7-10(3)12(11)19-14-17-16-13(18-4)20-14/h9-12,15H,5-8H2,1-4H3. The van der Waals surface area contributed by atoms with Crippen LogP contribution in [0.4, 0.5) is 0 Å². The molecule has 0 bridgehead atoms. The first-order chi connectivity index (χ1) is 9.63. The van der Waals surface area contributed by atoms with Crippen LogP contribution in [0.3, 0.4) is 0 Å². The van der Waals surface area contributed by atoms with E-state index >= 15 is 0 Å². The van der Waals surface area contributed by atoms with Gasteiger partial charge in [-0.2, -0.15) is 0 Å². The Morgan fingerprint density at radius 3 is 2.65 bits per heavy atom. The maximum atomic E-state index is 4.33. The minimum atomic E-state index is 0.611. The molecule has 1 aromatic rings. The molecule has 0 radical (unpaired) electrons. The van der Waals surface area contributed by atoms with E-state index in [0.29, 0.717) is 11.3 Å². The molecule has 1 aliphatic rings. The molecular weight excluding hydrogens is 306 g/mol. The van der Waals surface area contributed by atoms with Crippen molar-refractivity contribution in [1.82, 2.24) is 15.5 Å². The Morgan fingerprint density at radius 2 is 2.00 bits per heavy atom. The lowest BCUT2D eigenvalue weighted by molar-refractivity contribution is 0.249. The quantitative estimate of drug-likeness (QED) is 0.793. The van der Waals surface area contributed by atoms with Crippen molar-refractivity contribution in [2.24, 2.45) is 11.8 Å². The van der Waals surface area contributed by atoms with Crippen molar-refractivity contribution >= 4 is 34.9 Å². The summed E-state index contributed by atoms with van der Waals surface area (Å²) in [6, 6.07) is 0.611. The summed E-state index contributed by atoms with van der Waals surface area (Å²) in [6.07, 6.45) is 5.88. The number of nitrogens with one attached hydrogen (secondary N) is 1. The molecule has 1 heterocycles. The van der Waals surface area contributed by atoms with Crippen LogP contribution in [0.1, 0.15) is 40.0 Å². The van der Waals surface area contributed by atoms with Crippen LogP contribution in [-0.2, 0) is 0 Å². The fourth-order valence-electron chi connectivity index (χ4n) is 3.00. The molecule has 4 unspecified atom stereocenters. The molecule has 0 amide bonds. The van der Waals surface area contributed by atoms with Crippen LogP contribution in [0.25, 0.3) is 0 Å². The fourth-order valence-corrected chi connectivity index (χ4v) is 5.96. The molecule has 0 saturated heterocycles. The van der Waals surface area contributed by atoms with Crippen molar-refractivity contribution in [2.75, 3.05) is 12.8 Å². The summed E-state index contributed by atoms with van der Waals surface area (Å²) in [5.41, 5.74) is 0. The highest BCUT2D eigenvalue weighted by molar-refractivity contribution is 8.03. The van der Waals surface area contributed by atoms with Gasteiger partial charge < -0.3 is 5.32 Å². The van der Waals surface area contributed by atoms with Crippen LogP contribution in [0.5, 0.6) is 0 Å². The summed E-state index contributed by atoms with van der Waals surface area (Å²) >= 11 is 5.35. The van der Waals surface area contributed by atoms with Crippen LogP contribution in [-0.4, -0.2) is 34.3 Å². The lowest BCUT2D eigenvalue weighted by Gasteiger charge is -2.39. The summed E-state index contributed by atoms with van der Waals surface area (Å²) in [7, 11) is 0. The molecule has 0 spiro atoms. The second kappa shape index (κ2) is 8.01. The molecule has 20 heavy (non-hydrogen) atoms. The second-order valence-electron chi connectivity index (χ2n) is 5.73. The van der Waals surface area contributed by atoms with E-state index in [1.807, 2.05) is 11.8 Å². The zero-order valence-corrected chi connectivity index (χ0v) is 15.2. The van der Waals surface area contributed by atoms with Crippen molar-refractivity contribution in [2.45, 2.75) is 60.0 Å². The molecule has 114 valence electrons. The van der Waals surface area contributed by atoms with Gasteiger partial charge in [0, 0.05) is 11.3 Å². The number of thioether (sulfide) groups is 2. The van der Waals surface area contributed by atoms with E-state index in [2.05, 4.69) is 42.5 Å². The van der Waals surface area contributed by atoms with Gasteiger partial charge in [-0.05, 0) is 43.9 Å². The minimum absolute atomic E-state index is 0.611. The lowest BCUT2D eigenvalue weighted by Crippen LogP contribution is -2.46. The average molecular weight is 332 g/mol.